The van der Waals surface area contributed by atoms with Gasteiger partial charge in [0.05, 0.1) is 22.1 Å². The maximum absolute atomic E-state index is 10.7. The first-order chi connectivity index (χ1) is 13.1. The van der Waals surface area contributed by atoms with Crippen LogP contribution >= 0.6 is 15.9 Å². The lowest BCUT2D eigenvalue weighted by molar-refractivity contribution is -0.384. The topological polar surface area (TPSA) is 99.9 Å². The monoisotopic (exact) mass is 425 g/mol. The highest BCUT2D eigenvalue weighted by molar-refractivity contribution is 9.10. The predicted octanol–water partition coefficient (Wildman–Crippen LogP) is 4.32. The predicted molar refractivity (Wildman–Crippen MR) is 101 cm³/mol. The van der Waals surface area contributed by atoms with Gasteiger partial charge in [-0.1, -0.05) is 17.3 Å². The first-order valence-corrected chi connectivity index (χ1v) is 8.73. The Balaban J connectivity index is 1.57. The van der Waals surface area contributed by atoms with Gasteiger partial charge < -0.3 is 4.52 Å². The molecule has 4 rings (SSSR count). The molecule has 0 bridgehead atoms. The molecule has 0 aliphatic rings. The highest BCUT2D eigenvalue weighted by Gasteiger charge is 2.13. The van der Waals surface area contributed by atoms with Crippen LogP contribution in [0.3, 0.4) is 0 Å². The summed E-state index contributed by atoms with van der Waals surface area (Å²) in [6, 6.07) is 13.8. The minimum atomic E-state index is -0.449. The quantitative estimate of drug-likeness (QED) is 0.348. The fourth-order valence-corrected chi connectivity index (χ4v) is 2.93. The molecule has 8 nitrogen and oxygen atoms in total. The molecular formula is C18H12BrN5O3. The van der Waals surface area contributed by atoms with Crippen molar-refractivity contribution in [1.82, 2.24) is 19.9 Å². The third kappa shape index (κ3) is 3.77. The summed E-state index contributed by atoms with van der Waals surface area (Å²) in [5.41, 5.74) is 2.49. The van der Waals surface area contributed by atoms with Crippen LogP contribution in [0.15, 0.2) is 69.9 Å². The first-order valence-electron chi connectivity index (χ1n) is 7.94. The Hall–Kier alpha value is -3.33. The summed E-state index contributed by atoms with van der Waals surface area (Å²) in [6.45, 7) is 0.614. The summed E-state index contributed by atoms with van der Waals surface area (Å²) >= 11 is 3.38. The van der Waals surface area contributed by atoms with Crippen molar-refractivity contribution in [2.24, 2.45) is 0 Å². The summed E-state index contributed by atoms with van der Waals surface area (Å²) in [5, 5.41) is 19.0. The van der Waals surface area contributed by atoms with Crippen LogP contribution in [0.25, 0.3) is 22.8 Å². The van der Waals surface area contributed by atoms with E-state index in [2.05, 4.69) is 31.2 Å². The minimum absolute atomic E-state index is 0.0143. The van der Waals surface area contributed by atoms with E-state index in [1.807, 2.05) is 35.1 Å². The van der Waals surface area contributed by atoms with Crippen molar-refractivity contribution in [3.63, 3.8) is 0 Å². The molecule has 0 spiro atoms. The van der Waals surface area contributed by atoms with Crippen LogP contribution in [-0.4, -0.2) is 24.8 Å². The molecule has 0 radical (unpaired) electrons. The fraction of sp³-hybridized carbons (Fsp3) is 0.0556. The number of non-ortho nitro benzene ring substituents is 1. The summed E-state index contributed by atoms with van der Waals surface area (Å²) in [6.07, 6.45) is 3.63. The zero-order valence-electron chi connectivity index (χ0n) is 13.8. The molecule has 0 saturated carbocycles. The van der Waals surface area contributed by atoms with E-state index in [4.69, 9.17) is 4.52 Å². The number of nitrogens with zero attached hydrogens (tertiary/aromatic N) is 5. The van der Waals surface area contributed by atoms with Crippen molar-refractivity contribution in [1.29, 1.82) is 0 Å². The lowest BCUT2D eigenvalue weighted by Gasteiger charge is -2.03. The van der Waals surface area contributed by atoms with E-state index < -0.39 is 4.92 Å². The molecule has 0 N–H and O–H groups in total. The molecule has 0 aliphatic carbocycles. The van der Waals surface area contributed by atoms with Gasteiger partial charge in [-0.15, -0.1) is 0 Å². The standard InChI is InChI=1S/C18H12BrN5O3/c19-15-9-20-23(11-15)10-12-2-1-3-14(8-12)18-21-17(22-27-18)13-4-6-16(7-5-13)24(25)26/h1-9,11H,10H2. The molecule has 2 aromatic heterocycles. The van der Waals surface area contributed by atoms with Crippen molar-refractivity contribution < 1.29 is 9.45 Å². The number of halogens is 1. The average molecular weight is 426 g/mol. The number of rotatable bonds is 5. The lowest BCUT2D eigenvalue weighted by atomic mass is 10.1. The van der Waals surface area contributed by atoms with E-state index in [1.165, 1.54) is 12.1 Å². The molecule has 27 heavy (non-hydrogen) atoms. The van der Waals surface area contributed by atoms with Crippen molar-refractivity contribution in [3.8, 4) is 22.8 Å². The molecule has 0 unspecified atom stereocenters. The molecular weight excluding hydrogens is 414 g/mol. The number of nitro benzene ring substituents is 1. The van der Waals surface area contributed by atoms with Gasteiger partial charge in [0, 0.05) is 29.5 Å². The maximum atomic E-state index is 10.7. The smallest absolute Gasteiger partial charge is 0.269 e. The number of hydrogen-bond acceptors (Lipinski definition) is 6. The molecule has 134 valence electrons. The normalized spacial score (nSPS) is 10.9. The Labute approximate surface area is 161 Å². The van der Waals surface area contributed by atoms with Gasteiger partial charge in [0.25, 0.3) is 11.6 Å². The minimum Gasteiger partial charge on any atom is -0.334 e. The molecule has 2 heterocycles. The van der Waals surface area contributed by atoms with Gasteiger partial charge in [-0.05, 0) is 45.8 Å². The number of hydrogen-bond donors (Lipinski definition) is 0. The Kier molecular flexibility index (Phi) is 4.51. The van der Waals surface area contributed by atoms with Gasteiger partial charge in [0.2, 0.25) is 5.82 Å². The highest BCUT2D eigenvalue weighted by Crippen LogP contribution is 2.24. The van der Waals surface area contributed by atoms with Gasteiger partial charge in [-0.2, -0.15) is 10.1 Å². The Bertz CT molecular complexity index is 1100. The van der Waals surface area contributed by atoms with E-state index in [0.29, 0.717) is 23.8 Å². The van der Waals surface area contributed by atoms with Crippen LogP contribution in [0.4, 0.5) is 5.69 Å². The van der Waals surface area contributed by atoms with Crippen molar-refractivity contribution in [2.45, 2.75) is 6.54 Å². The van der Waals surface area contributed by atoms with Crippen LogP contribution in [-0.2, 0) is 6.54 Å². The summed E-state index contributed by atoms with van der Waals surface area (Å²) in [4.78, 5) is 14.7. The Morgan fingerprint density at radius 1 is 1.15 bits per heavy atom. The lowest BCUT2D eigenvalue weighted by Crippen LogP contribution is -1.99. The Morgan fingerprint density at radius 3 is 2.67 bits per heavy atom. The molecule has 0 atom stereocenters. The maximum Gasteiger partial charge on any atom is 0.269 e. The van der Waals surface area contributed by atoms with Crippen LogP contribution in [0.1, 0.15) is 5.56 Å². The van der Waals surface area contributed by atoms with E-state index in [1.54, 1.807) is 18.3 Å². The molecule has 0 aliphatic heterocycles. The summed E-state index contributed by atoms with van der Waals surface area (Å²) in [7, 11) is 0. The second-order valence-electron chi connectivity index (χ2n) is 5.78. The zero-order valence-corrected chi connectivity index (χ0v) is 15.4. The Morgan fingerprint density at radius 2 is 1.96 bits per heavy atom. The molecule has 4 aromatic rings. The summed E-state index contributed by atoms with van der Waals surface area (Å²) in [5.74, 6) is 0.758. The number of nitro groups is 1. The average Bonchev–Trinajstić information content (AvgIpc) is 3.31. The molecule has 0 amide bonds. The van der Waals surface area contributed by atoms with Gasteiger partial charge >= 0.3 is 0 Å². The van der Waals surface area contributed by atoms with Gasteiger partial charge in [-0.25, -0.2) is 0 Å². The van der Waals surface area contributed by atoms with E-state index in [0.717, 1.165) is 15.6 Å². The fourth-order valence-electron chi connectivity index (χ4n) is 2.60. The van der Waals surface area contributed by atoms with Crippen LogP contribution in [0.2, 0.25) is 0 Å². The third-order valence-electron chi connectivity index (χ3n) is 3.88. The van der Waals surface area contributed by atoms with E-state index in [-0.39, 0.29) is 5.69 Å². The van der Waals surface area contributed by atoms with Crippen molar-refractivity contribution in [3.05, 3.63) is 81.1 Å². The molecule has 2 aromatic carbocycles. The molecule has 0 fully saturated rings. The molecule has 0 saturated heterocycles. The first kappa shape index (κ1) is 17.1. The molecule has 9 heteroatoms. The summed E-state index contributed by atoms with van der Waals surface area (Å²) < 4.78 is 8.11. The van der Waals surface area contributed by atoms with Crippen LogP contribution in [0.5, 0.6) is 0 Å². The van der Waals surface area contributed by atoms with Gasteiger partial charge in [0.15, 0.2) is 0 Å². The zero-order chi connectivity index (χ0) is 18.8. The second-order valence-corrected chi connectivity index (χ2v) is 6.70. The highest BCUT2D eigenvalue weighted by atomic mass is 79.9. The van der Waals surface area contributed by atoms with E-state index >= 15 is 0 Å². The SMILES string of the molecule is O=[N+]([O-])c1ccc(-c2noc(-c3cccc(Cn4cc(Br)cn4)c3)n2)cc1. The number of benzene rings is 2. The van der Waals surface area contributed by atoms with Crippen LogP contribution < -0.4 is 0 Å². The largest absolute Gasteiger partial charge is 0.334 e. The van der Waals surface area contributed by atoms with Gasteiger partial charge in [0.1, 0.15) is 0 Å². The van der Waals surface area contributed by atoms with Gasteiger partial charge in [-0.3, -0.25) is 14.8 Å². The van der Waals surface area contributed by atoms with Crippen LogP contribution in [0, 0.1) is 10.1 Å². The van der Waals surface area contributed by atoms with Crippen molar-refractivity contribution in [2.75, 3.05) is 0 Å². The second kappa shape index (κ2) is 7.12. The third-order valence-corrected chi connectivity index (χ3v) is 4.29. The number of aromatic nitrogens is 4. The van der Waals surface area contributed by atoms with E-state index in [9.17, 15) is 10.1 Å². The van der Waals surface area contributed by atoms with Crippen molar-refractivity contribution >= 4 is 21.6 Å².